The summed E-state index contributed by atoms with van der Waals surface area (Å²) in [6.45, 7) is 4.76. The predicted molar refractivity (Wildman–Crippen MR) is 80.6 cm³/mol. The Morgan fingerprint density at radius 1 is 1.00 bits per heavy atom. The van der Waals surface area contributed by atoms with Crippen LogP contribution in [0.5, 0.6) is 0 Å². The molecule has 20 heavy (non-hydrogen) atoms. The number of aromatic nitrogens is 3. The Hall–Kier alpha value is -2.49. The van der Waals surface area contributed by atoms with Gasteiger partial charge in [-0.25, -0.2) is 9.97 Å². The SMILES string of the molecule is Cc1cnccc1CNc1nc2ccccc2nc1C. The lowest BCUT2D eigenvalue weighted by Crippen LogP contribution is -2.06. The number of para-hydroxylation sites is 2. The number of anilines is 1. The van der Waals surface area contributed by atoms with Gasteiger partial charge in [-0.1, -0.05) is 12.1 Å². The van der Waals surface area contributed by atoms with E-state index in [1.54, 1.807) is 0 Å². The molecule has 0 radical (unpaired) electrons. The molecule has 100 valence electrons. The normalized spacial score (nSPS) is 10.7. The number of aryl methyl sites for hydroxylation is 2. The molecular formula is C16H16N4. The van der Waals surface area contributed by atoms with Gasteiger partial charge in [-0.15, -0.1) is 0 Å². The van der Waals surface area contributed by atoms with Crippen molar-refractivity contribution in [2.24, 2.45) is 0 Å². The molecule has 2 aromatic heterocycles. The van der Waals surface area contributed by atoms with E-state index >= 15 is 0 Å². The first-order valence-electron chi connectivity index (χ1n) is 6.61. The van der Waals surface area contributed by atoms with Crippen molar-refractivity contribution >= 4 is 16.9 Å². The van der Waals surface area contributed by atoms with Crippen LogP contribution >= 0.6 is 0 Å². The van der Waals surface area contributed by atoms with Crippen LogP contribution in [0.15, 0.2) is 42.7 Å². The first-order chi connectivity index (χ1) is 9.74. The highest BCUT2D eigenvalue weighted by atomic mass is 15.0. The lowest BCUT2D eigenvalue weighted by Gasteiger charge is -2.10. The van der Waals surface area contributed by atoms with E-state index in [-0.39, 0.29) is 0 Å². The van der Waals surface area contributed by atoms with Gasteiger partial charge in [0.1, 0.15) is 5.82 Å². The van der Waals surface area contributed by atoms with Gasteiger partial charge >= 0.3 is 0 Å². The Balaban J connectivity index is 1.87. The highest BCUT2D eigenvalue weighted by molar-refractivity contribution is 5.76. The van der Waals surface area contributed by atoms with Crippen molar-refractivity contribution in [2.75, 3.05) is 5.32 Å². The summed E-state index contributed by atoms with van der Waals surface area (Å²) >= 11 is 0. The minimum Gasteiger partial charge on any atom is -0.364 e. The van der Waals surface area contributed by atoms with E-state index in [1.807, 2.05) is 49.6 Å². The standard InChI is InChI=1S/C16H16N4/c1-11-9-17-8-7-13(11)10-18-16-12(2)19-14-5-3-4-6-15(14)20-16/h3-9H,10H2,1-2H3,(H,18,20). The molecule has 0 amide bonds. The van der Waals surface area contributed by atoms with E-state index in [0.29, 0.717) is 0 Å². The molecule has 0 aliphatic rings. The number of nitrogens with one attached hydrogen (secondary N) is 1. The van der Waals surface area contributed by atoms with Crippen molar-refractivity contribution in [1.29, 1.82) is 0 Å². The summed E-state index contributed by atoms with van der Waals surface area (Å²) in [5.41, 5.74) is 5.14. The van der Waals surface area contributed by atoms with Crippen LogP contribution in [0, 0.1) is 13.8 Å². The van der Waals surface area contributed by atoms with Crippen LogP contribution in [-0.2, 0) is 6.54 Å². The Morgan fingerprint density at radius 2 is 1.75 bits per heavy atom. The van der Waals surface area contributed by atoms with Crippen molar-refractivity contribution in [3.8, 4) is 0 Å². The lowest BCUT2D eigenvalue weighted by atomic mass is 10.1. The number of hydrogen-bond donors (Lipinski definition) is 1. The third-order valence-corrected chi connectivity index (χ3v) is 3.33. The monoisotopic (exact) mass is 264 g/mol. The summed E-state index contributed by atoms with van der Waals surface area (Å²) in [4.78, 5) is 13.3. The highest BCUT2D eigenvalue weighted by Gasteiger charge is 2.05. The van der Waals surface area contributed by atoms with Gasteiger partial charge in [-0.05, 0) is 43.2 Å². The Kier molecular flexibility index (Phi) is 3.29. The fourth-order valence-electron chi connectivity index (χ4n) is 2.14. The highest BCUT2D eigenvalue weighted by Crippen LogP contribution is 2.17. The summed E-state index contributed by atoms with van der Waals surface area (Å²) in [6.07, 6.45) is 3.68. The topological polar surface area (TPSA) is 50.7 Å². The molecule has 2 heterocycles. The first-order valence-corrected chi connectivity index (χ1v) is 6.61. The molecule has 3 aromatic rings. The third-order valence-electron chi connectivity index (χ3n) is 3.33. The van der Waals surface area contributed by atoms with Crippen LogP contribution < -0.4 is 5.32 Å². The second-order valence-corrected chi connectivity index (χ2v) is 4.80. The second kappa shape index (κ2) is 5.25. The lowest BCUT2D eigenvalue weighted by molar-refractivity contribution is 1.05. The molecule has 0 spiro atoms. The van der Waals surface area contributed by atoms with E-state index in [2.05, 4.69) is 27.2 Å². The average molecular weight is 264 g/mol. The second-order valence-electron chi connectivity index (χ2n) is 4.80. The molecule has 0 aliphatic heterocycles. The smallest absolute Gasteiger partial charge is 0.148 e. The zero-order valence-electron chi connectivity index (χ0n) is 11.6. The number of pyridine rings is 1. The van der Waals surface area contributed by atoms with Crippen molar-refractivity contribution in [2.45, 2.75) is 20.4 Å². The minimum absolute atomic E-state index is 0.724. The summed E-state index contributed by atoms with van der Waals surface area (Å²) in [5.74, 6) is 0.833. The van der Waals surface area contributed by atoms with Crippen LogP contribution in [0.3, 0.4) is 0 Å². The molecule has 0 atom stereocenters. The molecule has 0 saturated carbocycles. The fraction of sp³-hybridized carbons (Fsp3) is 0.188. The molecule has 1 N–H and O–H groups in total. The number of rotatable bonds is 3. The van der Waals surface area contributed by atoms with Gasteiger partial charge in [0.25, 0.3) is 0 Å². The van der Waals surface area contributed by atoms with Crippen molar-refractivity contribution in [3.63, 3.8) is 0 Å². The van der Waals surface area contributed by atoms with Crippen molar-refractivity contribution < 1.29 is 0 Å². The largest absolute Gasteiger partial charge is 0.364 e. The van der Waals surface area contributed by atoms with Crippen LogP contribution in [-0.4, -0.2) is 15.0 Å². The van der Waals surface area contributed by atoms with Gasteiger partial charge in [-0.3, -0.25) is 4.98 Å². The molecule has 1 aromatic carbocycles. The molecule has 0 aliphatic carbocycles. The van der Waals surface area contributed by atoms with Crippen LogP contribution in [0.4, 0.5) is 5.82 Å². The van der Waals surface area contributed by atoms with E-state index in [0.717, 1.165) is 29.1 Å². The van der Waals surface area contributed by atoms with Gasteiger partial charge in [0.05, 0.1) is 16.7 Å². The molecule has 0 bridgehead atoms. The maximum atomic E-state index is 4.63. The van der Waals surface area contributed by atoms with Gasteiger partial charge in [0.2, 0.25) is 0 Å². The molecule has 4 nitrogen and oxygen atoms in total. The van der Waals surface area contributed by atoms with E-state index in [4.69, 9.17) is 0 Å². The van der Waals surface area contributed by atoms with Gasteiger partial charge < -0.3 is 5.32 Å². The zero-order chi connectivity index (χ0) is 13.9. The summed E-state index contributed by atoms with van der Waals surface area (Å²) < 4.78 is 0. The van der Waals surface area contributed by atoms with E-state index < -0.39 is 0 Å². The Bertz CT molecular complexity index is 752. The number of fused-ring (bicyclic) bond motifs is 1. The van der Waals surface area contributed by atoms with Gasteiger partial charge in [-0.2, -0.15) is 0 Å². The molecule has 3 rings (SSSR count). The quantitative estimate of drug-likeness (QED) is 0.789. The van der Waals surface area contributed by atoms with Crippen molar-refractivity contribution in [1.82, 2.24) is 15.0 Å². The first kappa shape index (κ1) is 12.5. The van der Waals surface area contributed by atoms with Gasteiger partial charge in [0, 0.05) is 18.9 Å². The molecular weight excluding hydrogens is 248 g/mol. The summed E-state index contributed by atoms with van der Waals surface area (Å²) in [5, 5.41) is 3.36. The fourth-order valence-corrected chi connectivity index (χ4v) is 2.14. The Morgan fingerprint density at radius 3 is 2.50 bits per heavy atom. The summed E-state index contributed by atoms with van der Waals surface area (Å²) in [6, 6.07) is 9.93. The third kappa shape index (κ3) is 2.45. The van der Waals surface area contributed by atoms with Crippen LogP contribution in [0.25, 0.3) is 11.0 Å². The van der Waals surface area contributed by atoms with E-state index in [9.17, 15) is 0 Å². The number of benzene rings is 1. The Labute approximate surface area is 117 Å². The maximum absolute atomic E-state index is 4.63. The maximum Gasteiger partial charge on any atom is 0.148 e. The van der Waals surface area contributed by atoms with E-state index in [1.165, 1.54) is 11.1 Å². The molecule has 0 unspecified atom stereocenters. The van der Waals surface area contributed by atoms with Gasteiger partial charge in [0.15, 0.2) is 0 Å². The van der Waals surface area contributed by atoms with Crippen molar-refractivity contribution in [3.05, 3.63) is 59.5 Å². The molecule has 4 heteroatoms. The number of hydrogen-bond acceptors (Lipinski definition) is 4. The van der Waals surface area contributed by atoms with Crippen LogP contribution in [0.1, 0.15) is 16.8 Å². The number of nitrogens with zero attached hydrogens (tertiary/aromatic N) is 3. The van der Waals surface area contributed by atoms with Crippen LogP contribution in [0.2, 0.25) is 0 Å². The molecule has 0 saturated heterocycles. The predicted octanol–water partition coefficient (Wildman–Crippen LogP) is 3.25. The summed E-state index contributed by atoms with van der Waals surface area (Å²) in [7, 11) is 0. The molecule has 0 fully saturated rings. The average Bonchev–Trinajstić information content (AvgIpc) is 2.46. The zero-order valence-corrected chi connectivity index (χ0v) is 11.6. The minimum atomic E-state index is 0.724.